The van der Waals surface area contributed by atoms with E-state index in [0.717, 1.165) is 11.4 Å². The van der Waals surface area contributed by atoms with E-state index in [1.165, 1.54) is 51.9 Å². The average molecular weight is 435 g/mol. The summed E-state index contributed by atoms with van der Waals surface area (Å²) in [5, 5.41) is 5.30. The van der Waals surface area contributed by atoms with Crippen LogP contribution in [0.25, 0.3) is 21.5 Å². The molecular formula is C31H34N2. The zero-order chi connectivity index (χ0) is 23.5. The summed E-state index contributed by atoms with van der Waals surface area (Å²) in [4.78, 5) is 0. The maximum Gasteiger partial charge on any atom is 0.0314 e. The molecule has 0 aliphatic heterocycles. The molecule has 0 unspecified atom stereocenters. The molecule has 0 amide bonds. The Kier molecular flexibility index (Phi) is 8.90. The van der Waals surface area contributed by atoms with Crippen molar-refractivity contribution in [2.75, 3.05) is 11.5 Å². The number of nitrogens with two attached hydrogens (primary N) is 2. The summed E-state index contributed by atoms with van der Waals surface area (Å²) in [6.07, 6.45) is 3.70. The lowest BCUT2D eigenvalue weighted by molar-refractivity contribution is 0.795. The molecule has 0 aliphatic carbocycles. The summed E-state index contributed by atoms with van der Waals surface area (Å²) in [7, 11) is 0. The second-order valence-electron chi connectivity index (χ2n) is 8.26. The Hall–Kier alpha value is -3.78. The second kappa shape index (κ2) is 12.3. The van der Waals surface area contributed by atoms with Gasteiger partial charge in [-0.05, 0) is 71.1 Å². The molecule has 0 aliphatic rings. The molecule has 2 nitrogen and oxygen atoms in total. The first kappa shape index (κ1) is 23.9. The number of benzene rings is 5. The molecule has 5 aromatic carbocycles. The van der Waals surface area contributed by atoms with Gasteiger partial charge in [-0.2, -0.15) is 0 Å². The van der Waals surface area contributed by atoms with E-state index in [1.54, 1.807) is 0 Å². The minimum absolute atomic E-state index is 0.829. The lowest BCUT2D eigenvalue weighted by Gasteiger charge is -2.02. The van der Waals surface area contributed by atoms with Gasteiger partial charge >= 0.3 is 0 Å². The van der Waals surface area contributed by atoms with Crippen LogP contribution in [-0.4, -0.2) is 0 Å². The van der Waals surface area contributed by atoms with Crippen molar-refractivity contribution in [2.24, 2.45) is 0 Å². The number of rotatable bonds is 3. The standard InChI is InChI=1S/C14H10.C10H15N.C7H9N/c1-3-7-13-11(5-1)9-10-12-6-2-4-8-14(12)13;1-2-3-4-9-5-7-10(11)8-6-9;1-6-2-4-7(8)5-3-6/h1-10H;5-8H,2-4,11H2,1H3;2-5H,8H2,1H3. The van der Waals surface area contributed by atoms with Crippen molar-refractivity contribution < 1.29 is 0 Å². The molecule has 0 saturated heterocycles. The van der Waals surface area contributed by atoms with Crippen LogP contribution in [0, 0.1) is 6.92 Å². The van der Waals surface area contributed by atoms with Crippen molar-refractivity contribution in [3.8, 4) is 0 Å². The zero-order valence-corrected chi connectivity index (χ0v) is 19.7. The number of nitrogen functional groups attached to an aromatic ring is 2. The summed E-state index contributed by atoms with van der Waals surface area (Å²) in [6.45, 7) is 4.25. The molecule has 0 heterocycles. The highest BCUT2D eigenvalue weighted by molar-refractivity contribution is 6.07. The fraction of sp³-hybridized carbons (Fsp3) is 0.161. The maximum atomic E-state index is 5.56. The van der Waals surface area contributed by atoms with E-state index in [4.69, 9.17) is 11.5 Å². The number of anilines is 2. The monoisotopic (exact) mass is 434 g/mol. The molecular weight excluding hydrogens is 400 g/mol. The third-order valence-electron chi connectivity index (χ3n) is 5.53. The van der Waals surface area contributed by atoms with Crippen LogP contribution in [-0.2, 0) is 6.42 Å². The van der Waals surface area contributed by atoms with Crippen molar-refractivity contribution in [1.29, 1.82) is 0 Å². The van der Waals surface area contributed by atoms with Gasteiger partial charge in [0.1, 0.15) is 0 Å². The number of unbranched alkanes of at least 4 members (excludes halogenated alkanes) is 1. The molecule has 0 fully saturated rings. The summed E-state index contributed by atoms with van der Waals surface area (Å²) < 4.78 is 0. The van der Waals surface area contributed by atoms with E-state index in [2.05, 4.69) is 79.7 Å². The van der Waals surface area contributed by atoms with Crippen LogP contribution in [0.15, 0.2) is 109 Å². The molecule has 0 atom stereocenters. The quantitative estimate of drug-likeness (QED) is 0.222. The van der Waals surface area contributed by atoms with Gasteiger partial charge in [0.05, 0.1) is 0 Å². The van der Waals surface area contributed by atoms with Crippen LogP contribution in [0.3, 0.4) is 0 Å². The van der Waals surface area contributed by atoms with Gasteiger partial charge in [0.15, 0.2) is 0 Å². The Morgan fingerprint density at radius 2 is 1.00 bits per heavy atom. The van der Waals surface area contributed by atoms with E-state index in [0.29, 0.717) is 0 Å². The van der Waals surface area contributed by atoms with Gasteiger partial charge in [0, 0.05) is 11.4 Å². The summed E-state index contributed by atoms with van der Waals surface area (Å²) in [5.41, 5.74) is 15.3. The van der Waals surface area contributed by atoms with Crippen molar-refractivity contribution >= 4 is 32.9 Å². The summed E-state index contributed by atoms with van der Waals surface area (Å²) in [5.74, 6) is 0. The Bertz CT molecular complexity index is 1180. The molecule has 0 saturated carbocycles. The molecule has 5 rings (SSSR count). The van der Waals surface area contributed by atoms with E-state index in [-0.39, 0.29) is 0 Å². The van der Waals surface area contributed by atoms with Gasteiger partial charge in [0.25, 0.3) is 0 Å². The zero-order valence-electron chi connectivity index (χ0n) is 19.7. The third-order valence-corrected chi connectivity index (χ3v) is 5.53. The van der Waals surface area contributed by atoms with E-state index < -0.39 is 0 Å². The smallest absolute Gasteiger partial charge is 0.0314 e. The Morgan fingerprint density at radius 3 is 1.45 bits per heavy atom. The van der Waals surface area contributed by atoms with Crippen LogP contribution in [0.5, 0.6) is 0 Å². The molecule has 168 valence electrons. The van der Waals surface area contributed by atoms with Crippen molar-refractivity contribution in [3.63, 3.8) is 0 Å². The van der Waals surface area contributed by atoms with Crippen LogP contribution in [0.2, 0.25) is 0 Å². The lowest BCUT2D eigenvalue weighted by Crippen LogP contribution is -1.87. The fourth-order valence-electron chi connectivity index (χ4n) is 3.59. The lowest BCUT2D eigenvalue weighted by atomic mass is 10.0. The average Bonchev–Trinajstić information content (AvgIpc) is 2.86. The van der Waals surface area contributed by atoms with Gasteiger partial charge in [-0.3, -0.25) is 0 Å². The highest BCUT2D eigenvalue weighted by atomic mass is 14.5. The van der Waals surface area contributed by atoms with E-state index in [1.807, 2.05) is 43.3 Å². The fourth-order valence-corrected chi connectivity index (χ4v) is 3.59. The summed E-state index contributed by atoms with van der Waals surface area (Å²) >= 11 is 0. The largest absolute Gasteiger partial charge is 0.399 e. The highest BCUT2D eigenvalue weighted by Gasteiger charge is 1.97. The van der Waals surface area contributed by atoms with Gasteiger partial charge < -0.3 is 11.5 Å². The molecule has 0 spiro atoms. The predicted octanol–water partition coefficient (Wildman–Crippen LogP) is 8.18. The summed E-state index contributed by atoms with van der Waals surface area (Å²) in [6, 6.07) is 37.3. The van der Waals surface area contributed by atoms with Gasteiger partial charge in [-0.15, -0.1) is 0 Å². The Balaban J connectivity index is 0.000000145. The third kappa shape index (κ3) is 7.40. The topological polar surface area (TPSA) is 52.0 Å². The second-order valence-corrected chi connectivity index (χ2v) is 8.26. The minimum Gasteiger partial charge on any atom is -0.399 e. The predicted molar refractivity (Wildman–Crippen MR) is 147 cm³/mol. The molecule has 33 heavy (non-hydrogen) atoms. The molecule has 0 aromatic heterocycles. The number of fused-ring (bicyclic) bond motifs is 3. The number of aryl methyl sites for hydroxylation is 2. The first-order chi connectivity index (χ1) is 16.1. The van der Waals surface area contributed by atoms with E-state index in [9.17, 15) is 0 Å². The van der Waals surface area contributed by atoms with Gasteiger partial charge in [0.2, 0.25) is 0 Å². The number of hydrogen-bond acceptors (Lipinski definition) is 2. The molecule has 0 bridgehead atoms. The molecule has 0 radical (unpaired) electrons. The highest BCUT2D eigenvalue weighted by Crippen LogP contribution is 2.24. The van der Waals surface area contributed by atoms with E-state index >= 15 is 0 Å². The Labute approximate surface area is 197 Å². The van der Waals surface area contributed by atoms with Gasteiger partial charge in [-0.1, -0.05) is 104 Å². The van der Waals surface area contributed by atoms with Crippen LogP contribution < -0.4 is 11.5 Å². The normalized spacial score (nSPS) is 10.1. The minimum atomic E-state index is 0.829. The van der Waals surface area contributed by atoms with Gasteiger partial charge in [-0.25, -0.2) is 0 Å². The van der Waals surface area contributed by atoms with Crippen molar-refractivity contribution in [1.82, 2.24) is 0 Å². The van der Waals surface area contributed by atoms with Crippen LogP contribution >= 0.6 is 0 Å². The van der Waals surface area contributed by atoms with Crippen molar-refractivity contribution in [2.45, 2.75) is 33.1 Å². The molecule has 2 heteroatoms. The van der Waals surface area contributed by atoms with Crippen LogP contribution in [0.4, 0.5) is 11.4 Å². The SMILES string of the molecule is CCCCc1ccc(N)cc1.Cc1ccc(N)cc1.c1ccc2c(c1)ccc1ccccc12. The van der Waals surface area contributed by atoms with Crippen LogP contribution in [0.1, 0.15) is 30.9 Å². The van der Waals surface area contributed by atoms with Crippen molar-refractivity contribution in [3.05, 3.63) is 120 Å². The maximum absolute atomic E-state index is 5.56. The Morgan fingerprint density at radius 1 is 0.545 bits per heavy atom. The first-order valence-electron chi connectivity index (χ1n) is 11.6. The first-order valence-corrected chi connectivity index (χ1v) is 11.6. The number of hydrogen-bond donors (Lipinski definition) is 2. The molecule has 5 aromatic rings. The molecule has 4 N–H and O–H groups in total.